The fourth-order valence-corrected chi connectivity index (χ4v) is 3.17. The van der Waals surface area contributed by atoms with Crippen LogP contribution in [-0.4, -0.2) is 40.8 Å². The quantitative estimate of drug-likeness (QED) is 0.609. The smallest absolute Gasteiger partial charge is 0.272 e. The Kier molecular flexibility index (Phi) is 4.53. The van der Waals surface area contributed by atoms with Crippen molar-refractivity contribution in [2.24, 2.45) is 0 Å². The maximum atomic E-state index is 12.4. The van der Waals surface area contributed by atoms with Gasteiger partial charge in [-0.15, -0.1) is 0 Å². The molecule has 3 N–H and O–H groups in total. The summed E-state index contributed by atoms with van der Waals surface area (Å²) in [5, 5.41) is 14.3. The molecule has 0 spiro atoms. The number of amides is 1. The van der Waals surface area contributed by atoms with E-state index in [0.29, 0.717) is 18.8 Å². The summed E-state index contributed by atoms with van der Waals surface area (Å²) in [5.74, 6) is 0.559. The Morgan fingerprint density at radius 3 is 3.15 bits per heavy atom. The van der Waals surface area contributed by atoms with Crippen LogP contribution in [0.2, 0.25) is 0 Å². The SMILES string of the molecule is Cc1ccc2cccc(OCCNC(=O)c3n[nH]c4c3CCNC4)c2n1. The van der Waals surface area contributed by atoms with Crippen LogP contribution in [0.15, 0.2) is 30.3 Å². The highest BCUT2D eigenvalue weighted by Crippen LogP contribution is 2.23. The first-order valence-corrected chi connectivity index (χ1v) is 8.76. The molecule has 0 aliphatic carbocycles. The molecule has 0 saturated heterocycles. The van der Waals surface area contributed by atoms with Crippen LogP contribution in [0.4, 0.5) is 0 Å². The minimum Gasteiger partial charge on any atom is -0.489 e. The van der Waals surface area contributed by atoms with Crippen molar-refractivity contribution in [1.29, 1.82) is 0 Å². The van der Waals surface area contributed by atoms with Crippen LogP contribution in [-0.2, 0) is 13.0 Å². The van der Waals surface area contributed by atoms with Crippen molar-refractivity contribution in [1.82, 2.24) is 25.8 Å². The molecule has 1 aliphatic heterocycles. The topological polar surface area (TPSA) is 91.9 Å². The number of fused-ring (bicyclic) bond motifs is 2. The predicted molar refractivity (Wildman–Crippen MR) is 98.3 cm³/mol. The Morgan fingerprint density at radius 2 is 2.23 bits per heavy atom. The van der Waals surface area contributed by atoms with E-state index in [-0.39, 0.29) is 5.91 Å². The van der Waals surface area contributed by atoms with Crippen LogP contribution >= 0.6 is 0 Å². The molecule has 0 unspecified atom stereocenters. The minimum atomic E-state index is -0.167. The second kappa shape index (κ2) is 7.13. The van der Waals surface area contributed by atoms with E-state index in [1.54, 1.807) is 0 Å². The van der Waals surface area contributed by atoms with E-state index >= 15 is 0 Å². The Hall–Kier alpha value is -2.93. The first-order valence-electron chi connectivity index (χ1n) is 8.76. The highest BCUT2D eigenvalue weighted by Gasteiger charge is 2.21. The molecule has 7 nitrogen and oxygen atoms in total. The second-order valence-corrected chi connectivity index (χ2v) is 6.34. The highest BCUT2D eigenvalue weighted by molar-refractivity contribution is 5.94. The van der Waals surface area contributed by atoms with Gasteiger partial charge in [0.2, 0.25) is 0 Å². The third-order valence-electron chi connectivity index (χ3n) is 4.49. The van der Waals surface area contributed by atoms with E-state index in [1.807, 2.05) is 37.3 Å². The third kappa shape index (κ3) is 3.25. The van der Waals surface area contributed by atoms with Gasteiger partial charge in [0.05, 0.1) is 12.2 Å². The molecule has 2 aromatic heterocycles. The predicted octanol–water partition coefficient (Wildman–Crippen LogP) is 1.72. The molecular formula is C19H21N5O2. The lowest BCUT2D eigenvalue weighted by Crippen LogP contribution is -2.30. The number of nitrogens with zero attached hydrogens (tertiary/aromatic N) is 2. The standard InChI is InChI=1S/C19H21N5O2/c1-12-5-6-13-3-2-4-16(17(13)22-12)26-10-9-21-19(25)18-14-7-8-20-11-15(14)23-24-18/h2-6,20H,7-11H2,1H3,(H,21,25)(H,23,24). The summed E-state index contributed by atoms with van der Waals surface area (Å²) in [6.07, 6.45) is 0.812. The van der Waals surface area contributed by atoms with Gasteiger partial charge in [-0.05, 0) is 32.0 Å². The first kappa shape index (κ1) is 16.5. The van der Waals surface area contributed by atoms with E-state index in [4.69, 9.17) is 4.74 Å². The molecule has 26 heavy (non-hydrogen) atoms. The van der Waals surface area contributed by atoms with Crippen LogP contribution in [0.25, 0.3) is 10.9 Å². The zero-order chi connectivity index (χ0) is 17.9. The number of carbonyl (C=O) groups excluding carboxylic acids is 1. The van der Waals surface area contributed by atoms with Crippen LogP contribution in [0.3, 0.4) is 0 Å². The van der Waals surface area contributed by atoms with Crippen molar-refractivity contribution in [2.75, 3.05) is 19.7 Å². The summed E-state index contributed by atoms with van der Waals surface area (Å²) >= 11 is 0. The van der Waals surface area contributed by atoms with Gasteiger partial charge in [0.25, 0.3) is 5.91 Å². The molecule has 1 aliphatic rings. The summed E-state index contributed by atoms with van der Waals surface area (Å²) in [6, 6.07) is 9.85. The van der Waals surface area contributed by atoms with E-state index in [1.165, 1.54) is 0 Å². The number of carbonyl (C=O) groups is 1. The fraction of sp³-hybridized carbons (Fsp3) is 0.316. The van der Waals surface area contributed by atoms with Gasteiger partial charge >= 0.3 is 0 Å². The summed E-state index contributed by atoms with van der Waals surface area (Å²) in [4.78, 5) is 16.9. The van der Waals surface area contributed by atoms with Gasteiger partial charge in [0.15, 0.2) is 5.69 Å². The van der Waals surface area contributed by atoms with Crippen LogP contribution in [0.5, 0.6) is 5.75 Å². The third-order valence-corrected chi connectivity index (χ3v) is 4.49. The monoisotopic (exact) mass is 351 g/mol. The first-order chi connectivity index (χ1) is 12.7. The van der Waals surface area contributed by atoms with Crippen LogP contribution < -0.4 is 15.4 Å². The number of aryl methyl sites for hydroxylation is 1. The number of hydrogen-bond donors (Lipinski definition) is 3. The highest BCUT2D eigenvalue weighted by atomic mass is 16.5. The summed E-state index contributed by atoms with van der Waals surface area (Å²) in [7, 11) is 0. The normalized spacial score (nSPS) is 13.4. The largest absolute Gasteiger partial charge is 0.489 e. The van der Waals surface area contributed by atoms with Gasteiger partial charge in [-0.1, -0.05) is 18.2 Å². The number of para-hydroxylation sites is 1. The molecule has 3 aromatic rings. The van der Waals surface area contributed by atoms with Gasteiger partial charge in [0.1, 0.15) is 17.9 Å². The molecule has 1 aromatic carbocycles. The lowest BCUT2D eigenvalue weighted by atomic mass is 10.1. The van der Waals surface area contributed by atoms with Gasteiger partial charge in [-0.2, -0.15) is 5.10 Å². The molecule has 4 rings (SSSR count). The van der Waals surface area contributed by atoms with Crippen LogP contribution in [0.1, 0.15) is 27.4 Å². The summed E-state index contributed by atoms with van der Waals surface area (Å²) in [6.45, 7) is 4.32. The van der Waals surface area contributed by atoms with E-state index in [2.05, 4.69) is 25.8 Å². The average molecular weight is 351 g/mol. The Balaban J connectivity index is 1.36. The molecule has 3 heterocycles. The van der Waals surface area contributed by atoms with E-state index < -0.39 is 0 Å². The number of ether oxygens (including phenoxy) is 1. The van der Waals surface area contributed by atoms with Crippen molar-refractivity contribution in [3.05, 3.63) is 53.0 Å². The number of H-pyrrole nitrogens is 1. The zero-order valence-electron chi connectivity index (χ0n) is 14.6. The number of aromatic nitrogens is 3. The van der Waals surface area contributed by atoms with Crippen LogP contribution in [0, 0.1) is 6.92 Å². The van der Waals surface area contributed by atoms with Crippen molar-refractivity contribution in [3.63, 3.8) is 0 Å². The number of hydrogen-bond acceptors (Lipinski definition) is 5. The van der Waals surface area contributed by atoms with Gasteiger partial charge < -0.3 is 15.4 Å². The Bertz CT molecular complexity index is 950. The number of rotatable bonds is 5. The minimum absolute atomic E-state index is 0.167. The molecule has 0 saturated carbocycles. The maximum absolute atomic E-state index is 12.4. The molecule has 0 fully saturated rings. The molecular weight excluding hydrogens is 330 g/mol. The van der Waals surface area contributed by atoms with Gasteiger partial charge in [-0.3, -0.25) is 9.89 Å². The average Bonchev–Trinajstić information content (AvgIpc) is 3.09. The molecule has 1 amide bonds. The molecule has 134 valence electrons. The van der Waals surface area contributed by atoms with Gasteiger partial charge in [-0.25, -0.2) is 4.98 Å². The Labute approximate surface area is 151 Å². The maximum Gasteiger partial charge on any atom is 0.272 e. The number of aromatic amines is 1. The molecule has 0 radical (unpaired) electrons. The van der Waals surface area contributed by atoms with Crippen molar-refractivity contribution in [3.8, 4) is 5.75 Å². The van der Waals surface area contributed by atoms with Gasteiger partial charge in [0, 0.05) is 23.2 Å². The number of nitrogens with one attached hydrogen (secondary N) is 3. The second-order valence-electron chi connectivity index (χ2n) is 6.34. The van der Waals surface area contributed by atoms with Crippen molar-refractivity contribution in [2.45, 2.75) is 19.9 Å². The lowest BCUT2D eigenvalue weighted by molar-refractivity contribution is 0.0941. The number of pyridine rings is 1. The summed E-state index contributed by atoms with van der Waals surface area (Å²) in [5.41, 5.74) is 4.28. The summed E-state index contributed by atoms with van der Waals surface area (Å²) < 4.78 is 5.84. The molecule has 0 atom stereocenters. The van der Waals surface area contributed by atoms with Crippen molar-refractivity contribution >= 4 is 16.8 Å². The van der Waals surface area contributed by atoms with E-state index in [0.717, 1.165) is 53.1 Å². The zero-order valence-corrected chi connectivity index (χ0v) is 14.6. The van der Waals surface area contributed by atoms with E-state index in [9.17, 15) is 4.79 Å². The van der Waals surface area contributed by atoms with Crippen molar-refractivity contribution < 1.29 is 9.53 Å². The molecule has 0 bridgehead atoms. The fourth-order valence-electron chi connectivity index (χ4n) is 3.17. The molecule has 7 heteroatoms. The lowest BCUT2D eigenvalue weighted by Gasteiger charge is -2.13. The number of benzene rings is 1. The Morgan fingerprint density at radius 1 is 1.31 bits per heavy atom.